The number of Topliss-reactive ketones (excluding diaryl/α,β-unsaturated/α-hetero) is 1. The fourth-order valence-electron chi connectivity index (χ4n) is 3.76. The SMILES string of the molecule is COc1cccc(OC)c1/C(O)=C1\C(=O)C(=O)N(CCOC(C)C)C1c1cccc(O)c1. The summed E-state index contributed by atoms with van der Waals surface area (Å²) >= 11 is 0. The van der Waals surface area contributed by atoms with Crippen molar-refractivity contribution in [3.63, 3.8) is 0 Å². The van der Waals surface area contributed by atoms with Crippen molar-refractivity contribution in [2.45, 2.75) is 26.0 Å². The molecule has 2 N–H and O–H groups in total. The zero-order valence-electron chi connectivity index (χ0n) is 18.5. The van der Waals surface area contributed by atoms with Gasteiger partial charge in [-0.3, -0.25) is 9.59 Å². The zero-order valence-corrected chi connectivity index (χ0v) is 18.5. The Kier molecular flexibility index (Phi) is 7.05. The van der Waals surface area contributed by atoms with Crippen molar-refractivity contribution in [3.8, 4) is 17.2 Å². The monoisotopic (exact) mass is 441 g/mol. The summed E-state index contributed by atoms with van der Waals surface area (Å²) in [5.74, 6) is -1.48. The van der Waals surface area contributed by atoms with E-state index in [0.29, 0.717) is 5.56 Å². The molecule has 0 aliphatic carbocycles. The summed E-state index contributed by atoms with van der Waals surface area (Å²) < 4.78 is 16.3. The van der Waals surface area contributed by atoms with Crippen molar-refractivity contribution in [2.75, 3.05) is 27.4 Å². The number of aliphatic hydroxyl groups is 1. The molecule has 1 saturated heterocycles. The van der Waals surface area contributed by atoms with Gasteiger partial charge in [-0.2, -0.15) is 0 Å². The van der Waals surface area contributed by atoms with E-state index >= 15 is 0 Å². The molecule has 1 unspecified atom stereocenters. The number of carbonyl (C=O) groups excluding carboxylic acids is 2. The highest BCUT2D eigenvalue weighted by atomic mass is 16.5. The van der Waals surface area contributed by atoms with Crippen molar-refractivity contribution in [1.29, 1.82) is 0 Å². The number of ether oxygens (including phenoxy) is 3. The molecule has 1 aliphatic heterocycles. The molecule has 8 heteroatoms. The van der Waals surface area contributed by atoms with E-state index in [1.165, 1.54) is 31.3 Å². The first-order valence-corrected chi connectivity index (χ1v) is 10.2. The van der Waals surface area contributed by atoms with Gasteiger partial charge in [-0.15, -0.1) is 0 Å². The van der Waals surface area contributed by atoms with Crippen LogP contribution >= 0.6 is 0 Å². The second-order valence-electron chi connectivity index (χ2n) is 7.54. The van der Waals surface area contributed by atoms with Gasteiger partial charge < -0.3 is 29.3 Å². The third-order valence-corrected chi connectivity index (χ3v) is 5.17. The molecular weight excluding hydrogens is 414 g/mol. The van der Waals surface area contributed by atoms with Crippen molar-refractivity contribution >= 4 is 17.4 Å². The molecule has 3 rings (SSSR count). The van der Waals surface area contributed by atoms with Crippen molar-refractivity contribution < 1.29 is 34.0 Å². The number of phenols is 1. The van der Waals surface area contributed by atoms with Gasteiger partial charge in [0.1, 0.15) is 28.6 Å². The number of rotatable bonds is 8. The van der Waals surface area contributed by atoms with E-state index < -0.39 is 23.5 Å². The van der Waals surface area contributed by atoms with E-state index in [9.17, 15) is 19.8 Å². The average molecular weight is 441 g/mol. The van der Waals surface area contributed by atoms with Gasteiger partial charge in [0.15, 0.2) is 0 Å². The summed E-state index contributed by atoms with van der Waals surface area (Å²) in [6, 6.07) is 10.2. The van der Waals surface area contributed by atoms with Crippen LogP contribution in [0.5, 0.6) is 17.2 Å². The molecule has 1 amide bonds. The first-order valence-electron chi connectivity index (χ1n) is 10.2. The molecule has 0 aromatic heterocycles. The van der Waals surface area contributed by atoms with Gasteiger partial charge in [0.25, 0.3) is 11.7 Å². The fraction of sp³-hybridized carbons (Fsp3) is 0.333. The van der Waals surface area contributed by atoms with E-state index in [-0.39, 0.29) is 47.6 Å². The molecule has 32 heavy (non-hydrogen) atoms. The van der Waals surface area contributed by atoms with Crippen molar-refractivity contribution in [3.05, 3.63) is 59.2 Å². The maximum Gasteiger partial charge on any atom is 0.295 e. The van der Waals surface area contributed by atoms with Crippen LogP contribution in [0.25, 0.3) is 5.76 Å². The smallest absolute Gasteiger partial charge is 0.295 e. The van der Waals surface area contributed by atoms with Crippen LogP contribution in [-0.4, -0.2) is 60.3 Å². The van der Waals surface area contributed by atoms with Gasteiger partial charge in [0.2, 0.25) is 0 Å². The minimum atomic E-state index is -0.924. The Balaban J connectivity index is 2.20. The molecular formula is C24H27NO7. The quantitative estimate of drug-likeness (QED) is 0.368. The lowest BCUT2D eigenvalue weighted by molar-refractivity contribution is -0.140. The number of hydrogen-bond donors (Lipinski definition) is 2. The molecule has 1 atom stereocenters. The minimum Gasteiger partial charge on any atom is -0.508 e. The highest BCUT2D eigenvalue weighted by Crippen LogP contribution is 2.43. The number of likely N-dealkylation sites (tertiary alicyclic amines) is 1. The lowest BCUT2D eigenvalue weighted by atomic mass is 9.94. The highest BCUT2D eigenvalue weighted by molar-refractivity contribution is 6.46. The second kappa shape index (κ2) is 9.74. The minimum absolute atomic E-state index is 0.0265. The normalized spacial score (nSPS) is 17.8. The number of aromatic hydroxyl groups is 1. The molecule has 170 valence electrons. The number of ketones is 1. The third kappa shape index (κ3) is 4.40. The fourth-order valence-corrected chi connectivity index (χ4v) is 3.76. The lowest BCUT2D eigenvalue weighted by Crippen LogP contribution is -2.33. The molecule has 0 saturated carbocycles. The number of carbonyl (C=O) groups is 2. The molecule has 2 aromatic carbocycles. The van der Waals surface area contributed by atoms with Gasteiger partial charge in [-0.1, -0.05) is 18.2 Å². The summed E-state index contributed by atoms with van der Waals surface area (Å²) in [5.41, 5.74) is 0.524. The van der Waals surface area contributed by atoms with Crippen molar-refractivity contribution in [2.24, 2.45) is 0 Å². The number of amides is 1. The topological polar surface area (TPSA) is 106 Å². The number of hydrogen-bond acceptors (Lipinski definition) is 7. The Morgan fingerprint density at radius 1 is 1.06 bits per heavy atom. The molecule has 0 bridgehead atoms. The molecule has 1 heterocycles. The predicted molar refractivity (Wildman–Crippen MR) is 118 cm³/mol. The zero-order chi connectivity index (χ0) is 23.4. The van der Waals surface area contributed by atoms with Gasteiger partial charge in [0.05, 0.1) is 38.5 Å². The van der Waals surface area contributed by atoms with Crippen LogP contribution in [0, 0.1) is 0 Å². The number of nitrogens with zero attached hydrogens (tertiary/aromatic N) is 1. The van der Waals surface area contributed by atoms with E-state index in [4.69, 9.17) is 14.2 Å². The standard InChI is InChI=1S/C24H27NO7/c1-14(2)32-12-11-25-21(15-7-5-8-16(26)13-15)20(23(28)24(25)29)22(27)19-17(30-3)9-6-10-18(19)31-4/h5-10,13-14,21,26-27H,11-12H2,1-4H3/b22-20+. The van der Waals surface area contributed by atoms with Gasteiger partial charge >= 0.3 is 0 Å². The van der Waals surface area contributed by atoms with E-state index in [1.807, 2.05) is 13.8 Å². The summed E-state index contributed by atoms with van der Waals surface area (Å²) in [7, 11) is 2.86. The molecule has 2 aromatic rings. The summed E-state index contributed by atoms with van der Waals surface area (Å²) in [6.45, 7) is 4.07. The Labute approximate surface area is 186 Å². The number of methoxy groups -OCH3 is 2. The molecule has 1 aliphatic rings. The first-order chi connectivity index (χ1) is 15.3. The number of aliphatic hydroxyl groups excluding tert-OH is 1. The maximum absolute atomic E-state index is 13.1. The average Bonchev–Trinajstić information content (AvgIpc) is 3.02. The van der Waals surface area contributed by atoms with Crippen molar-refractivity contribution in [1.82, 2.24) is 4.90 Å². The van der Waals surface area contributed by atoms with E-state index in [2.05, 4.69) is 0 Å². The van der Waals surface area contributed by atoms with Crippen LogP contribution in [-0.2, 0) is 14.3 Å². The summed E-state index contributed by atoms with van der Waals surface area (Å²) in [5, 5.41) is 21.3. The van der Waals surface area contributed by atoms with Crippen LogP contribution in [0.4, 0.5) is 0 Å². The van der Waals surface area contributed by atoms with Gasteiger partial charge in [-0.25, -0.2) is 0 Å². The lowest BCUT2D eigenvalue weighted by Gasteiger charge is -2.26. The Morgan fingerprint density at radius 3 is 2.25 bits per heavy atom. The predicted octanol–water partition coefficient (Wildman–Crippen LogP) is 3.26. The second-order valence-corrected chi connectivity index (χ2v) is 7.54. The summed E-state index contributed by atoms with van der Waals surface area (Å²) in [4.78, 5) is 27.4. The maximum atomic E-state index is 13.1. The Morgan fingerprint density at radius 2 is 1.69 bits per heavy atom. The first kappa shape index (κ1) is 23.1. The third-order valence-electron chi connectivity index (χ3n) is 5.17. The largest absolute Gasteiger partial charge is 0.508 e. The molecule has 0 radical (unpaired) electrons. The Bertz CT molecular complexity index is 1020. The summed E-state index contributed by atoms with van der Waals surface area (Å²) in [6.07, 6.45) is -0.0520. The molecule has 1 fully saturated rings. The van der Waals surface area contributed by atoms with Crippen LogP contribution in [0.2, 0.25) is 0 Å². The van der Waals surface area contributed by atoms with Gasteiger partial charge in [-0.05, 0) is 43.7 Å². The number of phenolic OH excluding ortho intramolecular Hbond substituents is 1. The number of benzene rings is 2. The molecule has 0 spiro atoms. The van der Waals surface area contributed by atoms with Crippen LogP contribution in [0.3, 0.4) is 0 Å². The van der Waals surface area contributed by atoms with Crippen LogP contribution in [0.1, 0.15) is 31.0 Å². The Hall–Kier alpha value is -3.52. The van der Waals surface area contributed by atoms with E-state index in [1.54, 1.807) is 30.3 Å². The van der Waals surface area contributed by atoms with E-state index in [0.717, 1.165) is 0 Å². The van der Waals surface area contributed by atoms with Crippen LogP contribution in [0.15, 0.2) is 48.0 Å². The van der Waals surface area contributed by atoms with Crippen LogP contribution < -0.4 is 9.47 Å². The molecule has 8 nitrogen and oxygen atoms in total. The highest BCUT2D eigenvalue weighted by Gasteiger charge is 2.46. The van der Waals surface area contributed by atoms with Gasteiger partial charge in [0, 0.05) is 6.54 Å².